The Bertz CT molecular complexity index is 633. The number of aromatic nitrogens is 2. The van der Waals surface area contributed by atoms with Gasteiger partial charge in [0.1, 0.15) is 5.02 Å². The van der Waals surface area contributed by atoms with E-state index in [-0.39, 0.29) is 22.1 Å². The van der Waals surface area contributed by atoms with Crippen molar-refractivity contribution in [2.45, 2.75) is 0 Å². The summed E-state index contributed by atoms with van der Waals surface area (Å²) in [5.41, 5.74) is -0.213. The molecule has 2 aromatic rings. The molecular weight excluding hydrogens is 272 g/mol. The predicted octanol–water partition coefficient (Wildman–Crippen LogP) is 2.29. The molecule has 0 radical (unpaired) electrons. The summed E-state index contributed by atoms with van der Waals surface area (Å²) in [7, 11) is 0. The first kappa shape index (κ1) is 12.9. The zero-order valence-electron chi connectivity index (χ0n) is 9.41. The molecule has 0 saturated carbocycles. The van der Waals surface area contributed by atoms with Crippen molar-refractivity contribution < 1.29 is 9.72 Å². The number of nitrogens with one attached hydrogen (secondary N) is 1. The fourth-order valence-electron chi connectivity index (χ4n) is 1.35. The van der Waals surface area contributed by atoms with Gasteiger partial charge >= 0.3 is 0 Å². The van der Waals surface area contributed by atoms with E-state index in [0.717, 1.165) is 6.07 Å². The van der Waals surface area contributed by atoms with Gasteiger partial charge < -0.3 is 5.32 Å². The highest BCUT2D eigenvalue weighted by atomic mass is 35.5. The molecule has 0 unspecified atom stereocenters. The van der Waals surface area contributed by atoms with Crippen LogP contribution in [-0.4, -0.2) is 20.8 Å². The summed E-state index contributed by atoms with van der Waals surface area (Å²) in [5.74, 6) is -0.273. The highest BCUT2D eigenvalue weighted by Crippen LogP contribution is 2.25. The summed E-state index contributed by atoms with van der Waals surface area (Å²) in [4.78, 5) is 29.6. The number of nitro benzene ring substituents is 1. The molecule has 1 N–H and O–H groups in total. The average molecular weight is 279 g/mol. The smallest absolute Gasteiger partial charge is 0.288 e. The molecule has 2 rings (SSSR count). The fraction of sp³-hybridized carbons (Fsp3) is 0. The summed E-state index contributed by atoms with van der Waals surface area (Å²) in [6.45, 7) is 0. The number of rotatable bonds is 3. The number of benzene rings is 1. The molecule has 1 amide bonds. The van der Waals surface area contributed by atoms with Crippen LogP contribution >= 0.6 is 11.6 Å². The van der Waals surface area contributed by atoms with Crippen LogP contribution in [0.15, 0.2) is 36.8 Å². The van der Waals surface area contributed by atoms with Crippen LogP contribution in [0.2, 0.25) is 5.02 Å². The van der Waals surface area contributed by atoms with Crippen LogP contribution in [0.1, 0.15) is 10.4 Å². The molecule has 96 valence electrons. The lowest BCUT2D eigenvalue weighted by Crippen LogP contribution is -2.13. The van der Waals surface area contributed by atoms with Crippen LogP contribution in [0.25, 0.3) is 0 Å². The van der Waals surface area contributed by atoms with Crippen molar-refractivity contribution in [2.75, 3.05) is 5.32 Å². The van der Waals surface area contributed by atoms with E-state index in [1.54, 1.807) is 0 Å². The van der Waals surface area contributed by atoms with Gasteiger partial charge in [-0.25, -0.2) is 4.98 Å². The summed E-state index contributed by atoms with van der Waals surface area (Å²) in [5, 5.41) is 13.2. The molecule has 0 aliphatic heterocycles. The van der Waals surface area contributed by atoms with Gasteiger partial charge in [0.25, 0.3) is 11.6 Å². The predicted molar refractivity (Wildman–Crippen MR) is 68.1 cm³/mol. The molecule has 19 heavy (non-hydrogen) atoms. The third-order valence-electron chi connectivity index (χ3n) is 2.21. The highest BCUT2D eigenvalue weighted by Gasteiger charge is 2.16. The molecule has 7 nitrogen and oxygen atoms in total. The van der Waals surface area contributed by atoms with E-state index in [4.69, 9.17) is 11.6 Å². The fourth-order valence-corrected chi connectivity index (χ4v) is 1.53. The van der Waals surface area contributed by atoms with Crippen molar-refractivity contribution in [3.05, 3.63) is 57.5 Å². The van der Waals surface area contributed by atoms with Gasteiger partial charge in [0.2, 0.25) is 0 Å². The molecule has 0 atom stereocenters. The summed E-state index contributed by atoms with van der Waals surface area (Å²) in [6, 6.07) is 3.79. The number of hydrogen-bond donors (Lipinski definition) is 1. The minimum absolute atomic E-state index is 0.0268. The second kappa shape index (κ2) is 5.40. The zero-order valence-corrected chi connectivity index (χ0v) is 10.2. The van der Waals surface area contributed by atoms with Gasteiger partial charge in [-0.3, -0.25) is 19.9 Å². The van der Waals surface area contributed by atoms with Gasteiger partial charge in [0.15, 0.2) is 5.82 Å². The van der Waals surface area contributed by atoms with Crippen LogP contribution in [-0.2, 0) is 0 Å². The summed E-state index contributed by atoms with van der Waals surface area (Å²) < 4.78 is 0. The van der Waals surface area contributed by atoms with Crippen LogP contribution in [0.4, 0.5) is 11.5 Å². The van der Waals surface area contributed by atoms with Crippen molar-refractivity contribution in [3.8, 4) is 0 Å². The largest absolute Gasteiger partial charge is 0.305 e. The number of nitro groups is 1. The van der Waals surface area contributed by atoms with Crippen LogP contribution in [0.5, 0.6) is 0 Å². The van der Waals surface area contributed by atoms with Crippen molar-refractivity contribution in [3.63, 3.8) is 0 Å². The Morgan fingerprint density at radius 3 is 2.79 bits per heavy atom. The maximum atomic E-state index is 11.9. The number of halogens is 1. The molecule has 1 heterocycles. The van der Waals surface area contributed by atoms with E-state index in [9.17, 15) is 14.9 Å². The Morgan fingerprint density at radius 1 is 1.37 bits per heavy atom. The van der Waals surface area contributed by atoms with Crippen LogP contribution in [0.3, 0.4) is 0 Å². The second-order valence-electron chi connectivity index (χ2n) is 3.47. The van der Waals surface area contributed by atoms with E-state index in [1.165, 1.54) is 30.7 Å². The minimum atomic E-state index is -0.651. The Balaban J connectivity index is 2.25. The standard InChI is InChI=1S/C11H7ClN4O3/c12-8-2-1-7(5-9(8)16(18)19)11(17)15-10-6-13-3-4-14-10/h1-6H,(H,14,15,17). The molecule has 0 fully saturated rings. The lowest BCUT2D eigenvalue weighted by Gasteiger charge is -2.04. The van der Waals surface area contributed by atoms with Gasteiger partial charge in [0, 0.05) is 24.0 Å². The van der Waals surface area contributed by atoms with Crippen molar-refractivity contribution in [2.24, 2.45) is 0 Å². The SMILES string of the molecule is O=C(Nc1cnccn1)c1ccc(Cl)c([N+](=O)[O-])c1. The molecule has 0 aliphatic rings. The Hall–Kier alpha value is -2.54. The van der Waals surface area contributed by atoms with Crippen molar-refractivity contribution in [1.82, 2.24) is 9.97 Å². The Labute approximate surface area is 112 Å². The quantitative estimate of drug-likeness (QED) is 0.686. The first-order chi connectivity index (χ1) is 9.08. The van der Waals surface area contributed by atoms with Gasteiger partial charge in [-0.2, -0.15) is 0 Å². The number of carbonyl (C=O) groups excluding carboxylic acids is 1. The minimum Gasteiger partial charge on any atom is -0.305 e. The summed E-state index contributed by atoms with van der Waals surface area (Å²) in [6.07, 6.45) is 4.24. The maximum Gasteiger partial charge on any atom is 0.288 e. The van der Waals surface area contributed by atoms with Crippen molar-refractivity contribution >= 4 is 29.0 Å². The highest BCUT2D eigenvalue weighted by molar-refractivity contribution is 6.32. The van der Waals surface area contributed by atoms with Gasteiger partial charge in [0.05, 0.1) is 11.1 Å². The normalized spacial score (nSPS) is 9.95. The van der Waals surface area contributed by atoms with Crippen LogP contribution in [0, 0.1) is 10.1 Å². The zero-order chi connectivity index (χ0) is 13.8. The lowest BCUT2D eigenvalue weighted by molar-refractivity contribution is -0.384. The lowest BCUT2D eigenvalue weighted by atomic mass is 10.2. The summed E-state index contributed by atoms with van der Waals surface area (Å²) >= 11 is 5.66. The van der Waals surface area contributed by atoms with E-state index < -0.39 is 10.8 Å². The Kier molecular flexibility index (Phi) is 3.67. The first-order valence-electron chi connectivity index (χ1n) is 5.09. The number of carbonyl (C=O) groups is 1. The van der Waals surface area contributed by atoms with E-state index in [1.807, 2.05) is 0 Å². The van der Waals surface area contributed by atoms with Crippen molar-refractivity contribution in [1.29, 1.82) is 0 Å². The number of anilines is 1. The topological polar surface area (TPSA) is 98.0 Å². The molecular formula is C11H7ClN4O3. The van der Waals surface area contributed by atoms with Crippen LogP contribution < -0.4 is 5.32 Å². The molecule has 0 aliphatic carbocycles. The molecule has 0 bridgehead atoms. The number of nitrogens with zero attached hydrogens (tertiary/aromatic N) is 3. The Morgan fingerprint density at radius 2 is 2.16 bits per heavy atom. The molecule has 0 spiro atoms. The first-order valence-corrected chi connectivity index (χ1v) is 5.47. The number of amides is 1. The van der Waals surface area contributed by atoms with E-state index in [2.05, 4.69) is 15.3 Å². The van der Waals surface area contributed by atoms with Gasteiger partial charge in [-0.05, 0) is 12.1 Å². The molecule has 0 saturated heterocycles. The molecule has 1 aromatic carbocycles. The monoisotopic (exact) mass is 278 g/mol. The number of hydrogen-bond acceptors (Lipinski definition) is 5. The van der Waals surface area contributed by atoms with Gasteiger partial charge in [-0.1, -0.05) is 11.6 Å². The average Bonchev–Trinajstić information content (AvgIpc) is 2.40. The second-order valence-corrected chi connectivity index (χ2v) is 3.88. The molecule has 8 heteroatoms. The van der Waals surface area contributed by atoms with Gasteiger partial charge in [-0.15, -0.1) is 0 Å². The third kappa shape index (κ3) is 3.02. The molecule has 1 aromatic heterocycles. The van der Waals surface area contributed by atoms with E-state index >= 15 is 0 Å². The van der Waals surface area contributed by atoms with E-state index in [0.29, 0.717) is 0 Å². The third-order valence-corrected chi connectivity index (χ3v) is 2.53. The maximum absolute atomic E-state index is 11.9.